The molecule has 2 atom stereocenters. The van der Waals surface area contributed by atoms with E-state index in [4.69, 9.17) is 5.11 Å². The highest BCUT2D eigenvalue weighted by Gasteiger charge is 2.29. The summed E-state index contributed by atoms with van der Waals surface area (Å²) in [5.74, 6) is -0.429. The molecule has 0 amide bonds. The van der Waals surface area contributed by atoms with Crippen LogP contribution in [0.4, 0.5) is 0 Å². The summed E-state index contributed by atoms with van der Waals surface area (Å²) in [6.45, 7) is 0.0241. The number of hydrogen-bond acceptors (Lipinski definition) is 3. The van der Waals surface area contributed by atoms with E-state index in [1.54, 1.807) is 0 Å². The summed E-state index contributed by atoms with van der Waals surface area (Å²) in [4.78, 5) is 11.0. The molecule has 0 spiro atoms. The minimum Gasteiger partial charge on any atom is -0.469 e. The maximum atomic E-state index is 11.0. The van der Waals surface area contributed by atoms with Gasteiger partial charge in [0.1, 0.15) is 0 Å². The van der Waals surface area contributed by atoms with Crippen molar-refractivity contribution >= 4 is 5.97 Å². The predicted molar refractivity (Wildman–Crippen MR) is 39.8 cm³/mol. The Bertz CT molecular complexity index is 174. The smallest absolute Gasteiger partial charge is 0.309 e. The molecule has 0 aliphatic heterocycles. The number of aliphatic hydroxyl groups is 1. The highest BCUT2D eigenvalue weighted by Crippen LogP contribution is 2.25. The normalized spacial score (nSPS) is 28.9. The van der Waals surface area contributed by atoms with Crippen LogP contribution in [0.15, 0.2) is 12.2 Å². The van der Waals surface area contributed by atoms with Gasteiger partial charge in [-0.05, 0) is 6.42 Å². The molecule has 1 aliphatic rings. The average molecular weight is 156 g/mol. The van der Waals surface area contributed by atoms with Gasteiger partial charge in [-0.3, -0.25) is 4.79 Å². The molecule has 0 aromatic rings. The predicted octanol–water partition coefficient (Wildman–Crippen LogP) is 0.344. The Morgan fingerprint density at radius 1 is 1.82 bits per heavy atom. The number of allylic oxidation sites excluding steroid dienone is 1. The van der Waals surface area contributed by atoms with Gasteiger partial charge in [0.2, 0.25) is 0 Å². The summed E-state index contributed by atoms with van der Waals surface area (Å²) in [6.07, 6.45) is 4.46. The fourth-order valence-electron chi connectivity index (χ4n) is 1.32. The van der Waals surface area contributed by atoms with E-state index in [2.05, 4.69) is 4.74 Å². The van der Waals surface area contributed by atoms with Crippen molar-refractivity contribution in [2.45, 2.75) is 6.42 Å². The number of hydrogen-bond donors (Lipinski definition) is 1. The number of carbonyl (C=O) groups is 1. The van der Waals surface area contributed by atoms with Crippen LogP contribution in [0.3, 0.4) is 0 Å². The molecule has 1 N–H and O–H groups in total. The van der Waals surface area contributed by atoms with Gasteiger partial charge in [-0.15, -0.1) is 0 Å². The zero-order chi connectivity index (χ0) is 8.27. The van der Waals surface area contributed by atoms with Gasteiger partial charge in [0.15, 0.2) is 0 Å². The van der Waals surface area contributed by atoms with Crippen LogP contribution in [-0.2, 0) is 9.53 Å². The molecule has 0 aromatic carbocycles. The molecular weight excluding hydrogens is 144 g/mol. The highest BCUT2D eigenvalue weighted by atomic mass is 16.5. The van der Waals surface area contributed by atoms with Crippen molar-refractivity contribution in [1.82, 2.24) is 0 Å². The molecule has 62 valence electrons. The summed E-state index contributed by atoms with van der Waals surface area (Å²) >= 11 is 0. The third-order valence-electron chi connectivity index (χ3n) is 2.00. The molecule has 0 bridgehead atoms. The molecule has 0 saturated carbocycles. The van der Waals surface area contributed by atoms with Gasteiger partial charge in [-0.25, -0.2) is 0 Å². The molecule has 0 fully saturated rings. The molecule has 0 saturated heterocycles. The topological polar surface area (TPSA) is 46.5 Å². The minimum atomic E-state index is -0.228. The lowest BCUT2D eigenvalue weighted by Gasteiger charge is -2.13. The number of ether oxygens (including phenoxy) is 1. The van der Waals surface area contributed by atoms with Crippen LogP contribution in [-0.4, -0.2) is 24.8 Å². The van der Waals surface area contributed by atoms with Crippen molar-refractivity contribution in [3.63, 3.8) is 0 Å². The first-order valence-corrected chi connectivity index (χ1v) is 3.65. The molecule has 0 aromatic heterocycles. The van der Waals surface area contributed by atoms with Crippen LogP contribution < -0.4 is 0 Å². The first kappa shape index (κ1) is 8.27. The molecule has 11 heavy (non-hydrogen) atoms. The maximum Gasteiger partial charge on any atom is 0.309 e. The van der Waals surface area contributed by atoms with Gasteiger partial charge >= 0.3 is 5.97 Å². The van der Waals surface area contributed by atoms with E-state index in [0.717, 1.165) is 0 Å². The molecule has 1 aliphatic carbocycles. The van der Waals surface area contributed by atoms with E-state index in [1.807, 2.05) is 12.2 Å². The van der Waals surface area contributed by atoms with Gasteiger partial charge in [0.05, 0.1) is 19.6 Å². The third kappa shape index (κ3) is 1.60. The van der Waals surface area contributed by atoms with Crippen LogP contribution in [0.2, 0.25) is 0 Å². The number of esters is 1. The Labute approximate surface area is 65.7 Å². The fraction of sp³-hybridized carbons (Fsp3) is 0.625. The van der Waals surface area contributed by atoms with Crippen molar-refractivity contribution in [2.75, 3.05) is 13.7 Å². The quantitative estimate of drug-likeness (QED) is 0.463. The standard InChI is InChI=1S/C8H12O3/c1-11-8(10)7-4-2-3-6(7)5-9/h2-3,6-7,9H,4-5H2,1H3/t6-,7+/m1/s1. The van der Waals surface area contributed by atoms with Gasteiger partial charge in [-0.1, -0.05) is 12.2 Å². The van der Waals surface area contributed by atoms with E-state index in [-0.39, 0.29) is 24.4 Å². The fourth-order valence-corrected chi connectivity index (χ4v) is 1.32. The van der Waals surface area contributed by atoms with Gasteiger partial charge < -0.3 is 9.84 Å². The monoisotopic (exact) mass is 156 g/mol. The van der Waals surface area contributed by atoms with E-state index in [9.17, 15) is 4.79 Å². The summed E-state index contributed by atoms with van der Waals surface area (Å²) in [5, 5.41) is 8.82. The van der Waals surface area contributed by atoms with Crippen molar-refractivity contribution in [3.05, 3.63) is 12.2 Å². The van der Waals surface area contributed by atoms with Crippen molar-refractivity contribution in [2.24, 2.45) is 11.8 Å². The Kier molecular flexibility index (Phi) is 2.65. The Morgan fingerprint density at radius 2 is 2.55 bits per heavy atom. The zero-order valence-electron chi connectivity index (χ0n) is 6.49. The summed E-state index contributed by atoms with van der Waals surface area (Å²) < 4.78 is 4.58. The van der Waals surface area contributed by atoms with Crippen molar-refractivity contribution in [1.29, 1.82) is 0 Å². The first-order chi connectivity index (χ1) is 5.29. The number of methoxy groups -OCH3 is 1. The van der Waals surface area contributed by atoms with Crippen LogP contribution >= 0.6 is 0 Å². The van der Waals surface area contributed by atoms with Crippen LogP contribution in [0.1, 0.15) is 6.42 Å². The number of rotatable bonds is 2. The maximum absolute atomic E-state index is 11.0. The number of carbonyl (C=O) groups excluding carboxylic acids is 1. The van der Waals surface area contributed by atoms with Gasteiger partial charge in [-0.2, -0.15) is 0 Å². The second-order valence-corrected chi connectivity index (χ2v) is 2.64. The number of aliphatic hydroxyl groups excluding tert-OH is 1. The van der Waals surface area contributed by atoms with Crippen LogP contribution in [0.5, 0.6) is 0 Å². The van der Waals surface area contributed by atoms with Gasteiger partial charge in [0.25, 0.3) is 0 Å². The second-order valence-electron chi connectivity index (χ2n) is 2.64. The highest BCUT2D eigenvalue weighted by molar-refractivity contribution is 5.73. The average Bonchev–Trinajstić information content (AvgIpc) is 2.50. The summed E-state index contributed by atoms with van der Waals surface area (Å²) in [6, 6.07) is 0. The van der Waals surface area contributed by atoms with Crippen molar-refractivity contribution in [3.8, 4) is 0 Å². The summed E-state index contributed by atoms with van der Waals surface area (Å²) in [5.41, 5.74) is 0. The molecule has 0 heterocycles. The lowest BCUT2D eigenvalue weighted by atomic mass is 9.97. The lowest BCUT2D eigenvalue weighted by Crippen LogP contribution is -2.22. The van der Waals surface area contributed by atoms with Gasteiger partial charge in [0, 0.05) is 5.92 Å². The Balaban J connectivity index is 2.53. The largest absolute Gasteiger partial charge is 0.469 e. The Hall–Kier alpha value is -0.830. The molecule has 3 heteroatoms. The zero-order valence-corrected chi connectivity index (χ0v) is 6.49. The molecule has 3 nitrogen and oxygen atoms in total. The van der Waals surface area contributed by atoms with E-state index < -0.39 is 0 Å². The van der Waals surface area contributed by atoms with Crippen LogP contribution in [0.25, 0.3) is 0 Å². The molecule has 1 rings (SSSR count). The van der Waals surface area contributed by atoms with E-state index >= 15 is 0 Å². The SMILES string of the molecule is COC(=O)[C@H]1CC=C[C@@H]1CO. The minimum absolute atomic E-state index is 0.0241. The Morgan fingerprint density at radius 3 is 3.09 bits per heavy atom. The van der Waals surface area contributed by atoms with E-state index in [0.29, 0.717) is 6.42 Å². The lowest BCUT2D eigenvalue weighted by molar-refractivity contribution is -0.146. The second kappa shape index (κ2) is 3.53. The first-order valence-electron chi connectivity index (χ1n) is 3.65. The summed E-state index contributed by atoms with van der Waals surface area (Å²) in [7, 11) is 1.37. The van der Waals surface area contributed by atoms with Crippen molar-refractivity contribution < 1.29 is 14.6 Å². The van der Waals surface area contributed by atoms with Crippen LogP contribution in [0, 0.1) is 11.8 Å². The van der Waals surface area contributed by atoms with E-state index in [1.165, 1.54) is 7.11 Å². The molecule has 0 unspecified atom stereocenters. The molecule has 0 radical (unpaired) electrons. The third-order valence-corrected chi connectivity index (χ3v) is 2.00. The molecular formula is C8H12O3.